The van der Waals surface area contributed by atoms with E-state index in [2.05, 4.69) is 0 Å². The number of hydrogen-bond donors (Lipinski definition) is 4. The predicted octanol–water partition coefficient (Wildman–Crippen LogP) is 3.01. The number of rotatable bonds is 22. The van der Waals surface area contributed by atoms with Crippen molar-refractivity contribution in [3.8, 4) is 22.3 Å². The third kappa shape index (κ3) is 12.6. The van der Waals surface area contributed by atoms with Gasteiger partial charge in [0, 0.05) is 38.9 Å². The summed E-state index contributed by atoms with van der Waals surface area (Å²) in [6, 6.07) is 20.0. The smallest absolute Gasteiger partial charge is 0.317 e. The summed E-state index contributed by atoms with van der Waals surface area (Å²) < 4.78 is 11.5. The number of carboxylic acids is 4. The summed E-state index contributed by atoms with van der Waals surface area (Å²) in [5.41, 5.74) is 4.11. The number of aliphatic carboxylic acids is 4. The van der Waals surface area contributed by atoms with Crippen LogP contribution >= 0.6 is 0 Å². The molecule has 0 heterocycles. The molecule has 50 heavy (non-hydrogen) atoms. The third-order valence-corrected chi connectivity index (χ3v) is 7.46. The van der Waals surface area contributed by atoms with E-state index in [1.165, 1.54) is 6.07 Å². The van der Waals surface area contributed by atoms with Crippen LogP contribution in [0.1, 0.15) is 11.7 Å². The number of benzene rings is 3. The van der Waals surface area contributed by atoms with E-state index in [9.17, 15) is 39.5 Å². The van der Waals surface area contributed by atoms with Gasteiger partial charge in [0.2, 0.25) is 0 Å². The third-order valence-electron chi connectivity index (χ3n) is 7.46. The molecule has 3 aromatic rings. The Balaban J connectivity index is 1.86. The van der Waals surface area contributed by atoms with Crippen molar-refractivity contribution in [2.75, 3.05) is 78.1 Å². The van der Waals surface area contributed by atoms with Gasteiger partial charge in [-0.15, -0.1) is 0 Å². The SMILES string of the molecule is CN(C)c1ccc(-c2ccc(-c3ccc([N+](=O)[O-])c(C(CN(CC(=O)O)CC(=O)O)OCCOCCN(CC(=O)O)CC(=O)O)c3)cc2)cc1. The van der Waals surface area contributed by atoms with Crippen LogP contribution in [0.5, 0.6) is 0 Å². The van der Waals surface area contributed by atoms with Crippen molar-refractivity contribution < 1.29 is 54.0 Å². The molecule has 16 nitrogen and oxygen atoms in total. The summed E-state index contributed by atoms with van der Waals surface area (Å²) in [5.74, 6) is -5.03. The molecule has 0 amide bonds. The Bertz CT molecular complexity index is 1600. The van der Waals surface area contributed by atoms with Crippen LogP contribution in [0.25, 0.3) is 22.3 Å². The lowest BCUT2D eigenvalue weighted by Gasteiger charge is -2.26. The number of anilines is 1. The minimum atomic E-state index is -1.31. The monoisotopic (exact) mass is 696 g/mol. The maximum atomic E-state index is 12.1. The van der Waals surface area contributed by atoms with Gasteiger partial charge in [-0.3, -0.25) is 39.1 Å². The largest absolute Gasteiger partial charge is 0.480 e. The molecule has 1 atom stereocenters. The molecule has 0 fully saturated rings. The molecule has 0 bridgehead atoms. The zero-order valence-electron chi connectivity index (χ0n) is 27.6. The second kappa shape index (κ2) is 18.9. The molecule has 4 N–H and O–H groups in total. The minimum absolute atomic E-state index is 0.0132. The van der Waals surface area contributed by atoms with E-state index in [-0.39, 0.29) is 44.2 Å². The number of hydrogen-bond acceptors (Lipinski definition) is 11. The molecule has 3 aromatic carbocycles. The van der Waals surface area contributed by atoms with Crippen molar-refractivity contribution in [1.29, 1.82) is 0 Å². The van der Waals surface area contributed by atoms with Gasteiger partial charge >= 0.3 is 23.9 Å². The van der Waals surface area contributed by atoms with Gasteiger partial charge in [-0.1, -0.05) is 36.4 Å². The van der Waals surface area contributed by atoms with Crippen molar-refractivity contribution in [1.82, 2.24) is 9.80 Å². The van der Waals surface area contributed by atoms with Crippen LogP contribution in [0.4, 0.5) is 11.4 Å². The number of nitro benzene ring substituents is 1. The Labute approximate surface area is 287 Å². The van der Waals surface area contributed by atoms with Crippen molar-refractivity contribution in [2.24, 2.45) is 0 Å². The first kappa shape index (κ1) is 39.0. The van der Waals surface area contributed by atoms with Crippen LogP contribution in [0.3, 0.4) is 0 Å². The second-order valence-electron chi connectivity index (χ2n) is 11.5. The van der Waals surface area contributed by atoms with E-state index < -0.39 is 61.1 Å². The standard InChI is InChI=1S/C34H40N4O12/c1-35(2)27-10-7-24(8-11-27)23-3-5-25(6-4-23)26-9-12-29(38(47)48)28(17-26)30(18-37(21-33(43)44)22-34(45)46)50-16-15-49-14-13-36(19-31(39)40)20-32(41)42/h3-12,17,30H,13-16,18-22H2,1-2H3,(H,39,40)(H,41,42)(H,43,44)(H,45,46). The first-order valence-corrected chi connectivity index (χ1v) is 15.4. The number of ether oxygens (including phenoxy) is 2. The zero-order valence-corrected chi connectivity index (χ0v) is 27.6. The summed E-state index contributed by atoms with van der Waals surface area (Å²) in [7, 11) is 3.90. The van der Waals surface area contributed by atoms with Gasteiger partial charge in [0.1, 0.15) is 6.10 Å². The maximum absolute atomic E-state index is 12.1. The summed E-state index contributed by atoms with van der Waals surface area (Å²) in [5, 5.41) is 49.0. The fourth-order valence-corrected chi connectivity index (χ4v) is 5.15. The van der Waals surface area contributed by atoms with Crippen LogP contribution in [-0.4, -0.2) is 132 Å². The van der Waals surface area contributed by atoms with E-state index in [1.54, 1.807) is 12.1 Å². The average molecular weight is 697 g/mol. The number of carbonyl (C=O) groups is 4. The normalized spacial score (nSPS) is 11.8. The van der Waals surface area contributed by atoms with Gasteiger partial charge in [0.05, 0.1) is 56.5 Å². The van der Waals surface area contributed by atoms with E-state index in [0.29, 0.717) is 5.56 Å². The molecule has 268 valence electrons. The molecule has 0 saturated carbocycles. The molecule has 0 saturated heterocycles. The van der Waals surface area contributed by atoms with E-state index in [0.717, 1.165) is 32.2 Å². The van der Waals surface area contributed by atoms with Crippen molar-refractivity contribution in [2.45, 2.75) is 6.10 Å². The molecule has 16 heteroatoms. The molecule has 3 rings (SSSR count). The Kier molecular flexibility index (Phi) is 14.8. The summed E-state index contributed by atoms with van der Waals surface area (Å²) in [6.07, 6.45) is -1.16. The van der Waals surface area contributed by atoms with Gasteiger partial charge < -0.3 is 34.8 Å². The molecular weight excluding hydrogens is 656 g/mol. The molecule has 0 radical (unpaired) electrons. The van der Waals surface area contributed by atoms with Crippen molar-refractivity contribution in [3.05, 3.63) is 82.4 Å². The first-order valence-electron chi connectivity index (χ1n) is 15.4. The van der Waals surface area contributed by atoms with Crippen LogP contribution < -0.4 is 4.90 Å². The Morgan fingerprint density at radius 3 is 1.62 bits per heavy atom. The summed E-state index contributed by atoms with van der Waals surface area (Å²) >= 11 is 0. The van der Waals surface area contributed by atoms with Gasteiger partial charge in [-0.05, 0) is 46.5 Å². The second-order valence-corrected chi connectivity index (χ2v) is 11.5. The average Bonchev–Trinajstić information content (AvgIpc) is 3.04. The fraction of sp³-hybridized carbons (Fsp3) is 0.353. The fourth-order valence-electron chi connectivity index (χ4n) is 5.15. The quantitative estimate of drug-likeness (QED) is 0.0674. The lowest BCUT2D eigenvalue weighted by Crippen LogP contribution is -2.38. The number of nitro groups is 1. The molecule has 0 aliphatic heterocycles. The Morgan fingerprint density at radius 2 is 1.14 bits per heavy atom. The lowest BCUT2D eigenvalue weighted by molar-refractivity contribution is -0.386. The first-order chi connectivity index (χ1) is 23.7. The Morgan fingerprint density at radius 1 is 0.680 bits per heavy atom. The molecule has 0 aliphatic carbocycles. The van der Waals surface area contributed by atoms with Crippen LogP contribution in [0, 0.1) is 10.1 Å². The van der Waals surface area contributed by atoms with Gasteiger partial charge in [0.15, 0.2) is 0 Å². The predicted molar refractivity (Wildman–Crippen MR) is 181 cm³/mol. The molecule has 0 aliphatic rings. The summed E-state index contributed by atoms with van der Waals surface area (Å²) in [6.45, 7) is -3.01. The molecule has 0 spiro atoms. The topological polar surface area (TPSA) is 221 Å². The Hall–Kier alpha value is -5.42. The lowest BCUT2D eigenvalue weighted by atomic mass is 9.96. The van der Waals surface area contributed by atoms with Gasteiger partial charge in [0.25, 0.3) is 5.69 Å². The highest BCUT2D eigenvalue weighted by atomic mass is 16.6. The van der Waals surface area contributed by atoms with Gasteiger partial charge in [-0.25, -0.2) is 0 Å². The van der Waals surface area contributed by atoms with E-state index in [4.69, 9.17) is 19.7 Å². The zero-order chi connectivity index (χ0) is 36.8. The molecule has 0 aromatic heterocycles. The summed E-state index contributed by atoms with van der Waals surface area (Å²) in [4.78, 5) is 60.9. The van der Waals surface area contributed by atoms with Gasteiger partial charge in [-0.2, -0.15) is 0 Å². The van der Waals surface area contributed by atoms with Crippen molar-refractivity contribution in [3.63, 3.8) is 0 Å². The van der Waals surface area contributed by atoms with Crippen LogP contribution in [-0.2, 0) is 28.7 Å². The highest BCUT2D eigenvalue weighted by molar-refractivity contribution is 5.74. The highest BCUT2D eigenvalue weighted by Crippen LogP contribution is 2.34. The van der Waals surface area contributed by atoms with Crippen LogP contribution in [0.15, 0.2) is 66.7 Å². The van der Waals surface area contributed by atoms with Crippen molar-refractivity contribution >= 4 is 35.3 Å². The maximum Gasteiger partial charge on any atom is 0.317 e. The molecular formula is C34H40N4O12. The van der Waals surface area contributed by atoms with E-state index in [1.807, 2.05) is 67.5 Å². The minimum Gasteiger partial charge on any atom is -0.480 e. The molecule has 1 unspecified atom stereocenters. The number of carboxylic acid groups (broad SMARTS) is 4. The number of nitrogens with zero attached hydrogens (tertiary/aromatic N) is 4. The van der Waals surface area contributed by atoms with Crippen LogP contribution in [0.2, 0.25) is 0 Å². The van der Waals surface area contributed by atoms with E-state index >= 15 is 0 Å². The highest BCUT2D eigenvalue weighted by Gasteiger charge is 2.28.